The van der Waals surface area contributed by atoms with E-state index in [-0.39, 0.29) is 0 Å². The smallest absolute Gasteiger partial charge is 0.0599 e. The van der Waals surface area contributed by atoms with Gasteiger partial charge in [-0.15, -0.1) is 0 Å². The monoisotopic (exact) mass is 435 g/mol. The molecule has 0 radical (unpaired) electrons. The van der Waals surface area contributed by atoms with E-state index in [9.17, 15) is 0 Å². The molecule has 1 saturated carbocycles. The fraction of sp³-hybridized carbons (Fsp3) is 0.586. The summed E-state index contributed by atoms with van der Waals surface area (Å²) in [6.07, 6.45) is 16.2. The molecular formula is C29H45N3. The van der Waals surface area contributed by atoms with Crippen molar-refractivity contribution in [2.24, 2.45) is 5.92 Å². The Bertz CT molecular complexity index is 722. The van der Waals surface area contributed by atoms with Crippen molar-refractivity contribution in [3.63, 3.8) is 0 Å². The van der Waals surface area contributed by atoms with Gasteiger partial charge >= 0.3 is 0 Å². The van der Waals surface area contributed by atoms with Gasteiger partial charge in [0.1, 0.15) is 0 Å². The van der Waals surface area contributed by atoms with Crippen LogP contribution >= 0.6 is 0 Å². The van der Waals surface area contributed by atoms with Crippen molar-refractivity contribution in [1.29, 1.82) is 0 Å². The molecule has 1 aliphatic carbocycles. The zero-order chi connectivity index (χ0) is 22.6. The summed E-state index contributed by atoms with van der Waals surface area (Å²) in [5, 5.41) is 3.70. The number of hydrogen-bond donors (Lipinski definition) is 1. The first-order valence-corrected chi connectivity index (χ1v) is 12.9. The summed E-state index contributed by atoms with van der Waals surface area (Å²) in [5.41, 5.74) is 4.09. The molecule has 0 aromatic heterocycles. The summed E-state index contributed by atoms with van der Waals surface area (Å²) in [4.78, 5) is 5.16. The van der Waals surface area contributed by atoms with Crippen molar-refractivity contribution in [3.8, 4) is 0 Å². The molecule has 0 bridgehead atoms. The molecule has 0 amide bonds. The zero-order valence-corrected chi connectivity index (χ0v) is 20.6. The molecule has 2 fully saturated rings. The predicted molar refractivity (Wildman–Crippen MR) is 139 cm³/mol. The highest BCUT2D eigenvalue weighted by atomic mass is 15.3. The van der Waals surface area contributed by atoms with Crippen molar-refractivity contribution in [2.75, 3.05) is 39.3 Å². The first kappa shape index (κ1) is 24.8. The lowest BCUT2D eigenvalue weighted by Gasteiger charge is -2.41. The maximum atomic E-state index is 4.43. The van der Waals surface area contributed by atoms with Crippen LogP contribution in [0.2, 0.25) is 0 Å². The molecule has 1 heterocycles. The Hall–Kier alpha value is -1.84. The van der Waals surface area contributed by atoms with E-state index in [0.717, 1.165) is 45.1 Å². The molecule has 2 aliphatic rings. The lowest BCUT2D eigenvalue weighted by atomic mass is 9.89. The number of nitrogens with zero attached hydrogens (tertiary/aromatic N) is 2. The number of rotatable bonds is 11. The van der Waals surface area contributed by atoms with Crippen molar-refractivity contribution in [1.82, 2.24) is 15.1 Å². The van der Waals surface area contributed by atoms with Gasteiger partial charge in [0.25, 0.3) is 0 Å². The summed E-state index contributed by atoms with van der Waals surface area (Å²) in [5.74, 6) is 0.919. The van der Waals surface area contributed by atoms with Crippen LogP contribution in [0, 0.1) is 5.92 Å². The maximum absolute atomic E-state index is 4.43. The van der Waals surface area contributed by atoms with Gasteiger partial charge in [0.15, 0.2) is 0 Å². The molecule has 1 aromatic carbocycles. The minimum atomic E-state index is 0.330. The van der Waals surface area contributed by atoms with Crippen LogP contribution in [0.3, 0.4) is 0 Å². The SMILES string of the molecule is C=C(CCCNCC1CCCCC1)N1CCN(C(C(/C=C\C)=C/C)c2ccccc2)CC1. The fourth-order valence-electron chi connectivity index (χ4n) is 5.36. The third-order valence-corrected chi connectivity index (χ3v) is 7.23. The van der Waals surface area contributed by atoms with Gasteiger partial charge in [-0.3, -0.25) is 4.90 Å². The normalized spacial score (nSPS) is 20.1. The van der Waals surface area contributed by atoms with Crippen molar-refractivity contribution in [3.05, 3.63) is 72.0 Å². The second kappa shape index (κ2) is 13.6. The van der Waals surface area contributed by atoms with Crippen LogP contribution in [0.1, 0.15) is 70.4 Å². The summed E-state index contributed by atoms with van der Waals surface area (Å²) in [7, 11) is 0. The molecule has 0 spiro atoms. The summed E-state index contributed by atoms with van der Waals surface area (Å²) < 4.78 is 0. The second-order valence-electron chi connectivity index (χ2n) is 9.50. The number of nitrogens with one attached hydrogen (secondary N) is 1. The molecule has 3 rings (SSSR count). The Labute approximate surface area is 197 Å². The van der Waals surface area contributed by atoms with Crippen LogP contribution < -0.4 is 5.32 Å². The molecule has 1 atom stereocenters. The molecule has 176 valence electrons. The van der Waals surface area contributed by atoms with E-state index in [1.807, 2.05) is 0 Å². The van der Waals surface area contributed by atoms with E-state index in [1.54, 1.807) is 0 Å². The first-order valence-electron chi connectivity index (χ1n) is 12.9. The van der Waals surface area contributed by atoms with Crippen molar-refractivity contribution < 1.29 is 0 Å². The molecule has 1 aliphatic heterocycles. The van der Waals surface area contributed by atoms with E-state index in [4.69, 9.17) is 0 Å². The van der Waals surface area contributed by atoms with Crippen molar-refractivity contribution >= 4 is 0 Å². The standard InChI is InChI=1S/C29H45N3/c1-4-13-27(5-2)29(28-17-10-7-11-18-28)32-22-20-31(21-23-32)25(3)14-12-19-30-24-26-15-8-6-9-16-26/h4-5,7,10-11,13,17-18,26,29-30H,3,6,8-9,12,14-16,19-24H2,1-2H3/b13-4-,27-5+. The third-order valence-electron chi connectivity index (χ3n) is 7.23. The van der Waals surface area contributed by atoms with Gasteiger partial charge in [-0.2, -0.15) is 0 Å². The molecule has 1 N–H and O–H groups in total. The van der Waals surface area contributed by atoms with Gasteiger partial charge in [-0.05, 0) is 69.7 Å². The van der Waals surface area contributed by atoms with Crippen LogP contribution in [0.15, 0.2) is 66.4 Å². The van der Waals surface area contributed by atoms with Crippen LogP contribution in [0.5, 0.6) is 0 Å². The highest BCUT2D eigenvalue weighted by Crippen LogP contribution is 2.31. The van der Waals surface area contributed by atoms with Crippen LogP contribution in [0.4, 0.5) is 0 Å². The van der Waals surface area contributed by atoms with Crippen molar-refractivity contribution in [2.45, 2.75) is 64.8 Å². The zero-order valence-electron chi connectivity index (χ0n) is 20.6. The van der Waals surface area contributed by atoms with Gasteiger partial charge in [0.2, 0.25) is 0 Å². The van der Waals surface area contributed by atoms with Crippen LogP contribution in [-0.2, 0) is 0 Å². The molecule has 1 saturated heterocycles. The number of benzene rings is 1. The Morgan fingerprint density at radius 2 is 1.78 bits per heavy atom. The number of piperazine rings is 1. The first-order chi connectivity index (χ1) is 15.7. The summed E-state index contributed by atoms with van der Waals surface area (Å²) in [6.45, 7) is 15.3. The van der Waals surface area contributed by atoms with E-state index in [0.29, 0.717) is 6.04 Å². The Balaban J connectivity index is 1.44. The lowest BCUT2D eigenvalue weighted by Crippen LogP contribution is -2.47. The second-order valence-corrected chi connectivity index (χ2v) is 9.50. The molecule has 3 nitrogen and oxygen atoms in total. The maximum Gasteiger partial charge on any atom is 0.0599 e. The Morgan fingerprint density at radius 3 is 2.44 bits per heavy atom. The highest BCUT2D eigenvalue weighted by Gasteiger charge is 2.27. The molecule has 32 heavy (non-hydrogen) atoms. The summed E-state index contributed by atoms with van der Waals surface area (Å²) in [6, 6.07) is 11.3. The van der Waals surface area contributed by atoms with Crippen LogP contribution in [0.25, 0.3) is 0 Å². The predicted octanol–water partition coefficient (Wildman–Crippen LogP) is 6.33. The van der Waals surface area contributed by atoms with E-state index >= 15 is 0 Å². The molecule has 1 aromatic rings. The van der Waals surface area contributed by atoms with E-state index in [2.05, 4.69) is 84.1 Å². The van der Waals surface area contributed by atoms with E-state index < -0.39 is 0 Å². The number of hydrogen-bond acceptors (Lipinski definition) is 3. The average molecular weight is 436 g/mol. The minimum Gasteiger partial charge on any atom is -0.373 e. The third kappa shape index (κ3) is 7.35. The van der Waals surface area contributed by atoms with Gasteiger partial charge in [0, 0.05) is 31.9 Å². The summed E-state index contributed by atoms with van der Waals surface area (Å²) >= 11 is 0. The Morgan fingerprint density at radius 1 is 1.06 bits per heavy atom. The van der Waals surface area contributed by atoms with E-state index in [1.165, 1.54) is 61.9 Å². The average Bonchev–Trinajstić information content (AvgIpc) is 2.85. The topological polar surface area (TPSA) is 18.5 Å². The van der Waals surface area contributed by atoms with Gasteiger partial charge in [-0.1, -0.05) is 74.4 Å². The molecular weight excluding hydrogens is 390 g/mol. The fourth-order valence-corrected chi connectivity index (χ4v) is 5.36. The van der Waals surface area contributed by atoms with Gasteiger partial charge in [0.05, 0.1) is 6.04 Å². The molecule has 3 heteroatoms. The quantitative estimate of drug-likeness (QED) is 0.323. The number of allylic oxidation sites excluding steroid dienone is 3. The lowest BCUT2D eigenvalue weighted by molar-refractivity contribution is 0.128. The largest absolute Gasteiger partial charge is 0.373 e. The van der Waals surface area contributed by atoms with Crippen LogP contribution in [-0.4, -0.2) is 49.1 Å². The Kier molecular flexibility index (Phi) is 10.6. The molecule has 1 unspecified atom stereocenters. The van der Waals surface area contributed by atoms with Gasteiger partial charge < -0.3 is 10.2 Å². The minimum absolute atomic E-state index is 0.330. The highest BCUT2D eigenvalue weighted by molar-refractivity contribution is 5.34. The van der Waals surface area contributed by atoms with Gasteiger partial charge in [-0.25, -0.2) is 0 Å².